The van der Waals surface area contributed by atoms with Crippen LogP contribution in [0.4, 0.5) is 0 Å². The predicted octanol–water partition coefficient (Wildman–Crippen LogP) is 1.52. The third-order valence-electron chi connectivity index (χ3n) is 4.80. The molecular weight excluding hydrogens is 298 g/mol. The highest BCUT2D eigenvalue weighted by atomic mass is 15.3. The van der Waals surface area contributed by atoms with Crippen molar-refractivity contribution < 1.29 is 0 Å². The standard InChI is InChI=1S/C19H31N5/c1-2-7-18(8-3-1)17-24-15-13-23(14-16-24)12-5-4-9-20-19-21-10-6-11-22-19/h1-3,7-8H,4-6,9-17H2,(H2,20,21,22). The molecule has 1 fully saturated rings. The smallest absolute Gasteiger partial charge is 0.191 e. The van der Waals surface area contributed by atoms with Gasteiger partial charge in [-0.15, -0.1) is 0 Å². The van der Waals surface area contributed by atoms with Crippen LogP contribution >= 0.6 is 0 Å². The molecular formula is C19H31N5. The fraction of sp³-hybridized carbons (Fsp3) is 0.632. The van der Waals surface area contributed by atoms with Crippen molar-refractivity contribution in [3.05, 3.63) is 35.9 Å². The van der Waals surface area contributed by atoms with Crippen LogP contribution in [0.3, 0.4) is 0 Å². The second-order valence-electron chi connectivity index (χ2n) is 6.75. The minimum Gasteiger partial charge on any atom is -0.356 e. The van der Waals surface area contributed by atoms with Gasteiger partial charge in [0.1, 0.15) is 0 Å². The number of rotatable bonds is 7. The maximum absolute atomic E-state index is 4.44. The van der Waals surface area contributed by atoms with E-state index in [1.807, 2.05) is 0 Å². The molecule has 5 nitrogen and oxygen atoms in total. The largest absolute Gasteiger partial charge is 0.356 e. The van der Waals surface area contributed by atoms with Crippen LogP contribution < -0.4 is 10.6 Å². The molecule has 0 spiro atoms. The van der Waals surface area contributed by atoms with Crippen molar-refractivity contribution in [3.8, 4) is 0 Å². The van der Waals surface area contributed by atoms with Crippen molar-refractivity contribution in [2.24, 2.45) is 4.99 Å². The molecule has 24 heavy (non-hydrogen) atoms. The number of guanidine groups is 1. The first-order chi connectivity index (χ1) is 11.9. The zero-order valence-corrected chi connectivity index (χ0v) is 14.7. The normalized spacial score (nSPS) is 19.6. The average molecular weight is 329 g/mol. The molecule has 0 bridgehead atoms. The molecule has 0 amide bonds. The summed E-state index contributed by atoms with van der Waals surface area (Å²) < 4.78 is 0. The molecule has 2 N–H and O–H groups in total. The Morgan fingerprint density at radius 1 is 1.00 bits per heavy atom. The second-order valence-corrected chi connectivity index (χ2v) is 6.75. The van der Waals surface area contributed by atoms with Crippen LogP contribution in [0.2, 0.25) is 0 Å². The fourth-order valence-corrected chi connectivity index (χ4v) is 3.33. The van der Waals surface area contributed by atoms with Crippen molar-refractivity contribution in [2.45, 2.75) is 25.8 Å². The Bertz CT molecular complexity index is 494. The van der Waals surface area contributed by atoms with Crippen molar-refractivity contribution in [1.29, 1.82) is 0 Å². The lowest BCUT2D eigenvalue weighted by Crippen LogP contribution is -2.46. The number of hydrogen-bond donors (Lipinski definition) is 2. The number of unbranched alkanes of at least 4 members (excludes halogenated alkanes) is 1. The van der Waals surface area contributed by atoms with E-state index in [1.165, 1.54) is 51.1 Å². The van der Waals surface area contributed by atoms with E-state index in [4.69, 9.17) is 0 Å². The van der Waals surface area contributed by atoms with Gasteiger partial charge in [0.25, 0.3) is 0 Å². The summed E-state index contributed by atoms with van der Waals surface area (Å²) in [6.45, 7) is 10.1. The molecule has 0 aromatic heterocycles. The van der Waals surface area contributed by atoms with Gasteiger partial charge in [-0.25, -0.2) is 0 Å². The molecule has 2 aliphatic heterocycles. The summed E-state index contributed by atoms with van der Waals surface area (Å²) >= 11 is 0. The molecule has 1 aromatic rings. The average Bonchev–Trinajstić information content (AvgIpc) is 2.65. The van der Waals surface area contributed by atoms with Crippen molar-refractivity contribution >= 4 is 5.96 Å². The minimum atomic E-state index is 0.961. The zero-order chi connectivity index (χ0) is 16.5. The highest BCUT2D eigenvalue weighted by molar-refractivity contribution is 5.80. The van der Waals surface area contributed by atoms with Gasteiger partial charge in [-0.1, -0.05) is 30.3 Å². The maximum Gasteiger partial charge on any atom is 0.191 e. The zero-order valence-electron chi connectivity index (χ0n) is 14.7. The Morgan fingerprint density at radius 3 is 2.54 bits per heavy atom. The number of nitrogens with zero attached hydrogens (tertiary/aromatic N) is 3. The van der Waals surface area contributed by atoms with E-state index in [1.54, 1.807) is 0 Å². The minimum absolute atomic E-state index is 0.961. The summed E-state index contributed by atoms with van der Waals surface area (Å²) in [4.78, 5) is 9.62. The second kappa shape index (κ2) is 9.64. The van der Waals surface area contributed by atoms with Gasteiger partial charge in [-0.3, -0.25) is 9.89 Å². The molecule has 0 radical (unpaired) electrons. The van der Waals surface area contributed by atoms with Crippen LogP contribution in [0.1, 0.15) is 24.8 Å². The van der Waals surface area contributed by atoms with Gasteiger partial charge in [0.15, 0.2) is 5.96 Å². The van der Waals surface area contributed by atoms with Crippen molar-refractivity contribution in [2.75, 3.05) is 52.4 Å². The summed E-state index contributed by atoms with van der Waals surface area (Å²) in [7, 11) is 0. The summed E-state index contributed by atoms with van der Waals surface area (Å²) in [5, 5.41) is 6.71. The molecule has 5 heteroatoms. The molecule has 0 aliphatic carbocycles. The van der Waals surface area contributed by atoms with Crippen LogP contribution in [-0.2, 0) is 6.54 Å². The molecule has 2 heterocycles. The Morgan fingerprint density at radius 2 is 1.79 bits per heavy atom. The van der Waals surface area contributed by atoms with E-state index in [2.05, 4.69) is 55.8 Å². The van der Waals surface area contributed by atoms with E-state index in [0.29, 0.717) is 0 Å². The number of benzene rings is 1. The molecule has 2 aliphatic rings. The fourth-order valence-electron chi connectivity index (χ4n) is 3.33. The van der Waals surface area contributed by atoms with Crippen LogP contribution in [0, 0.1) is 0 Å². The SMILES string of the molecule is c1ccc(CN2CCN(CCCCNC3=NCCCN3)CC2)cc1. The van der Waals surface area contributed by atoms with Crippen LogP contribution in [-0.4, -0.2) is 68.1 Å². The van der Waals surface area contributed by atoms with Gasteiger partial charge < -0.3 is 15.5 Å². The molecule has 1 aromatic carbocycles. The lowest BCUT2D eigenvalue weighted by molar-refractivity contribution is 0.126. The molecule has 0 atom stereocenters. The lowest BCUT2D eigenvalue weighted by atomic mass is 10.2. The monoisotopic (exact) mass is 329 g/mol. The van der Waals surface area contributed by atoms with Gasteiger partial charge in [-0.05, 0) is 31.4 Å². The predicted molar refractivity (Wildman–Crippen MR) is 100 cm³/mol. The summed E-state index contributed by atoms with van der Waals surface area (Å²) in [6, 6.07) is 10.8. The van der Waals surface area contributed by atoms with Gasteiger partial charge >= 0.3 is 0 Å². The molecule has 3 rings (SSSR count). The summed E-state index contributed by atoms with van der Waals surface area (Å²) in [5.74, 6) is 0.996. The van der Waals surface area contributed by atoms with Crippen LogP contribution in [0.25, 0.3) is 0 Å². The summed E-state index contributed by atoms with van der Waals surface area (Å²) in [5.41, 5.74) is 1.43. The Labute approximate surface area is 146 Å². The van der Waals surface area contributed by atoms with Crippen molar-refractivity contribution in [1.82, 2.24) is 20.4 Å². The number of aliphatic imine (C=N–C) groups is 1. The molecule has 0 unspecified atom stereocenters. The van der Waals surface area contributed by atoms with E-state index >= 15 is 0 Å². The third-order valence-corrected chi connectivity index (χ3v) is 4.80. The number of hydrogen-bond acceptors (Lipinski definition) is 5. The number of nitrogens with one attached hydrogen (secondary N) is 2. The van der Waals surface area contributed by atoms with E-state index < -0.39 is 0 Å². The molecule has 1 saturated heterocycles. The van der Waals surface area contributed by atoms with Crippen LogP contribution in [0.15, 0.2) is 35.3 Å². The third kappa shape index (κ3) is 5.80. The topological polar surface area (TPSA) is 42.9 Å². The summed E-state index contributed by atoms with van der Waals surface area (Å²) in [6.07, 6.45) is 3.63. The van der Waals surface area contributed by atoms with Gasteiger partial charge in [-0.2, -0.15) is 0 Å². The molecule has 0 saturated carbocycles. The first kappa shape index (κ1) is 17.2. The Hall–Kier alpha value is -1.59. The van der Waals surface area contributed by atoms with E-state index in [0.717, 1.165) is 38.6 Å². The lowest BCUT2D eigenvalue weighted by Gasteiger charge is -2.34. The van der Waals surface area contributed by atoms with Crippen LogP contribution in [0.5, 0.6) is 0 Å². The van der Waals surface area contributed by atoms with Gasteiger partial charge in [0, 0.05) is 52.4 Å². The van der Waals surface area contributed by atoms with E-state index in [-0.39, 0.29) is 0 Å². The van der Waals surface area contributed by atoms with E-state index in [9.17, 15) is 0 Å². The maximum atomic E-state index is 4.44. The number of piperazine rings is 1. The quantitative estimate of drug-likeness (QED) is 0.745. The van der Waals surface area contributed by atoms with Gasteiger partial charge in [0.05, 0.1) is 0 Å². The molecule has 132 valence electrons. The first-order valence-corrected chi connectivity index (χ1v) is 9.41. The van der Waals surface area contributed by atoms with Gasteiger partial charge in [0.2, 0.25) is 0 Å². The van der Waals surface area contributed by atoms with Crippen molar-refractivity contribution in [3.63, 3.8) is 0 Å². The Kier molecular flexibility index (Phi) is 6.93. The first-order valence-electron chi connectivity index (χ1n) is 9.41. The Balaban J connectivity index is 1.24. The highest BCUT2D eigenvalue weighted by Gasteiger charge is 2.16. The highest BCUT2D eigenvalue weighted by Crippen LogP contribution is 2.09.